The number of benzene rings is 1. The highest BCUT2D eigenvalue weighted by molar-refractivity contribution is 7.92. The van der Waals surface area contributed by atoms with Crippen molar-refractivity contribution in [3.63, 3.8) is 0 Å². The maximum Gasteiger partial charge on any atom is 0.426 e. The van der Waals surface area contributed by atoms with Gasteiger partial charge in [-0.25, -0.2) is 17.2 Å². The molecule has 2 aromatic rings. The third-order valence-electron chi connectivity index (χ3n) is 9.54. The van der Waals surface area contributed by atoms with Crippen LogP contribution in [0.4, 0.5) is 22.0 Å². The predicted octanol–water partition coefficient (Wildman–Crippen LogP) is 4.72. The average Bonchev–Trinajstić information content (AvgIpc) is 3.33. The fraction of sp³-hybridized carbons (Fsp3) is 0.552. The van der Waals surface area contributed by atoms with Crippen LogP contribution >= 0.6 is 0 Å². The van der Waals surface area contributed by atoms with Crippen molar-refractivity contribution < 1.29 is 40.0 Å². The van der Waals surface area contributed by atoms with Gasteiger partial charge >= 0.3 is 6.18 Å². The highest BCUT2D eigenvalue weighted by Crippen LogP contribution is 2.54. The molecule has 2 N–H and O–H groups in total. The number of primary amides is 1. The van der Waals surface area contributed by atoms with Crippen LogP contribution in [-0.2, 0) is 36.3 Å². The molecule has 228 valence electrons. The van der Waals surface area contributed by atoms with Crippen LogP contribution < -0.4 is 5.73 Å². The lowest BCUT2D eigenvalue weighted by molar-refractivity contribution is -0.228. The molecule has 3 aliphatic rings. The van der Waals surface area contributed by atoms with Gasteiger partial charge in [0.25, 0.3) is 0 Å². The number of halogens is 5. The van der Waals surface area contributed by atoms with Crippen molar-refractivity contribution in [1.29, 1.82) is 0 Å². The third kappa shape index (κ3) is 4.58. The lowest BCUT2D eigenvalue weighted by Crippen LogP contribution is -2.54. The van der Waals surface area contributed by atoms with Crippen LogP contribution in [-0.4, -0.2) is 48.9 Å². The van der Waals surface area contributed by atoms with Crippen LogP contribution in [0.1, 0.15) is 62.8 Å². The predicted molar refractivity (Wildman–Crippen MR) is 142 cm³/mol. The number of aromatic nitrogens is 1. The van der Waals surface area contributed by atoms with Gasteiger partial charge in [0.1, 0.15) is 10.6 Å². The Labute approximate surface area is 240 Å². The van der Waals surface area contributed by atoms with Crippen LogP contribution in [0.2, 0.25) is 0 Å². The van der Waals surface area contributed by atoms with Crippen molar-refractivity contribution in [2.75, 3.05) is 6.54 Å². The summed E-state index contributed by atoms with van der Waals surface area (Å²) in [6.07, 6.45) is -3.18. The Morgan fingerprint density at radius 3 is 2.36 bits per heavy atom. The molecule has 2 fully saturated rings. The number of rotatable bonds is 5. The number of likely N-dealkylation sites (tertiary alicyclic amines) is 1. The van der Waals surface area contributed by atoms with E-state index < -0.39 is 55.7 Å². The first-order valence-electron chi connectivity index (χ1n) is 13.9. The molecule has 2 heterocycles. The van der Waals surface area contributed by atoms with E-state index in [1.165, 1.54) is 4.90 Å². The van der Waals surface area contributed by atoms with Gasteiger partial charge in [0, 0.05) is 30.1 Å². The molecule has 3 unspecified atom stereocenters. The van der Waals surface area contributed by atoms with Crippen LogP contribution in [0.5, 0.6) is 0 Å². The number of sulfone groups is 1. The lowest BCUT2D eigenvalue weighted by Gasteiger charge is -2.43. The molecule has 1 saturated heterocycles. The number of nitrogens with zero attached hydrogens (tertiary/aromatic N) is 2. The van der Waals surface area contributed by atoms with E-state index in [9.17, 15) is 40.0 Å². The Morgan fingerprint density at radius 2 is 1.76 bits per heavy atom. The summed E-state index contributed by atoms with van der Waals surface area (Å²) in [5.41, 5.74) is 1.16. The molecule has 1 aliphatic heterocycles. The maximum atomic E-state index is 14.9. The molecule has 7 nitrogen and oxygen atoms in total. The van der Waals surface area contributed by atoms with Crippen molar-refractivity contribution in [1.82, 2.24) is 9.88 Å². The maximum absolute atomic E-state index is 14.9. The van der Waals surface area contributed by atoms with E-state index in [0.29, 0.717) is 32.4 Å². The monoisotopic (exact) mass is 613 g/mol. The largest absolute Gasteiger partial charge is 0.426 e. The quantitative estimate of drug-likeness (QED) is 0.388. The second-order valence-corrected chi connectivity index (χ2v) is 14.1. The van der Waals surface area contributed by atoms with E-state index in [1.54, 1.807) is 0 Å². The van der Waals surface area contributed by atoms with Gasteiger partial charge in [0.05, 0.1) is 16.6 Å². The molecule has 42 heavy (non-hydrogen) atoms. The number of carbonyl (C=O) groups is 2. The van der Waals surface area contributed by atoms with Gasteiger partial charge in [-0.2, -0.15) is 13.2 Å². The van der Waals surface area contributed by atoms with E-state index in [-0.39, 0.29) is 59.7 Å². The topological polar surface area (TPSA) is 110 Å². The van der Waals surface area contributed by atoms with Crippen LogP contribution in [0.15, 0.2) is 41.4 Å². The number of pyridine rings is 1. The van der Waals surface area contributed by atoms with Crippen molar-refractivity contribution in [2.24, 2.45) is 23.5 Å². The summed E-state index contributed by atoms with van der Waals surface area (Å²) in [5.74, 6) is -2.36. The zero-order valence-electron chi connectivity index (χ0n) is 23.1. The molecule has 1 aromatic carbocycles. The lowest BCUT2D eigenvalue weighted by atomic mass is 9.73. The number of hydrogen-bond donors (Lipinski definition) is 1. The minimum absolute atomic E-state index is 0.0226. The molecule has 5 rings (SSSR count). The first kappa shape index (κ1) is 30.4. The van der Waals surface area contributed by atoms with Crippen molar-refractivity contribution in [2.45, 2.75) is 79.9 Å². The summed E-state index contributed by atoms with van der Waals surface area (Å²) in [7, 11) is -4.40. The average molecular weight is 614 g/mol. The van der Waals surface area contributed by atoms with E-state index in [4.69, 9.17) is 5.73 Å². The number of carbonyl (C=O) groups excluding carboxylic acids is 2. The van der Waals surface area contributed by atoms with Gasteiger partial charge in [-0.1, -0.05) is 6.92 Å². The number of alkyl halides is 4. The Kier molecular flexibility index (Phi) is 7.43. The van der Waals surface area contributed by atoms with Gasteiger partial charge in [-0.05, 0) is 87.3 Å². The SMILES string of the molecule is C[C@H]1C[C@H](C(N)=O)CC[C@H]1C(=O)N1CCC2(S(=O)(=O)c3ccc(F)cc3)c3ncc(C(C)(F)C(F)(F)F)cc3CCC12. The highest BCUT2D eigenvalue weighted by Gasteiger charge is 2.63. The molecule has 2 amide bonds. The number of aryl methyl sites for hydroxylation is 1. The second kappa shape index (κ2) is 10.3. The zero-order valence-corrected chi connectivity index (χ0v) is 23.9. The fourth-order valence-electron chi connectivity index (χ4n) is 7.08. The van der Waals surface area contributed by atoms with E-state index in [1.807, 2.05) is 6.92 Å². The summed E-state index contributed by atoms with van der Waals surface area (Å²) in [5, 5.41) is 0. The molecule has 1 aromatic heterocycles. The number of nitrogens with two attached hydrogens (primary N) is 1. The van der Waals surface area contributed by atoms with Gasteiger partial charge in [-0.15, -0.1) is 0 Å². The number of hydrogen-bond acceptors (Lipinski definition) is 5. The molecular weight excluding hydrogens is 581 g/mol. The molecule has 6 atom stereocenters. The van der Waals surface area contributed by atoms with E-state index in [2.05, 4.69) is 4.98 Å². The van der Waals surface area contributed by atoms with Crippen LogP contribution in [0, 0.1) is 23.6 Å². The second-order valence-electron chi connectivity index (χ2n) is 11.9. The van der Waals surface area contributed by atoms with Gasteiger partial charge in [0.2, 0.25) is 17.5 Å². The van der Waals surface area contributed by atoms with E-state index >= 15 is 0 Å². The summed E-state index contributed by atoms with van der Waals surface area (Å²) in [6, 6.07) is 4.32. The molecule has 2 aliphatic carbocycles. The zero-order chi connectivity index (χ0) is 30.8. The normalized spacial score (nSPS) is 29.4. The standard InChI is InChI=1S/C29H32F5N3O4S/c1-16-13-18(25(35)38)3-9-22(16)26(39)37-12-11-28(42(40,41)21-7-5-20(30)6-8-21)23(37)10-4-17-14-19(15-36-24(17)28)27(2,31)29(32,33)34/h5-8,14-16,18,22-23H,3-4,9-13H2,1-2H3,(H2,35,38)/t16-,18+,22+,23?,27?,28?/m0/s1. The minimum Gasteiger partial charge on any atom is -0.369 e. The highest BCUT2D eigenvalue weighted by atomic mass is 32.2. The van der Waals surface area contributed by atoms with Crippen LogP contribution in [0.3, 0.4) is 0 Å². The fourth-order valence-corrected chi connectivity index (χ4v) is 9.40. The van der Waals surface area contributed by atoms with E-state index in [0.717, 1.165) is 30.3 Å². The summed E-state index contributed by atoms with van der Waals surface area (Å²) < 4.78 is 96.2. The Morgan fingerprint density at radius 1 is 1.10 bits per heavy atom. The summed E-state index contributed by atoms with van der Waals surface area (Å²) in [4.78, 5) is 31.2. The van der Waals surface area contributed by atoms with Gasteiger partial charge in [0.15, 0.2) is 9.84 Å². The molecule has 1 saturated carbocycles. The van der Waals surface area contributed by atoms with Gasteiger partial charge in [-0.3, -0.25) is 14.6 Å². The van der Waals surface area contributed by atoms with Gasteiger partial charge < -0.3 is 10.6 Å². The minimum atomic E-state index is -5.22. The van der Waals surface area contributed by atoms with Crippen molar-refractivity contribution >= 4 is 21.7 Å². The first-order chi connectivity index (χ1) is 19.5. The Hall–Kier alpha value is -3.09. The molecule has 0 radical (unpaired) electrons. The van der Waals surface area contributed by atoms with Crippen molar-refractivity contribution in [3.8, 4) is 0 Å². The Balaban J connectivity index is 1.60. The molecule has 13 heteroatoms. The number of amides is 2. The smallest absolute Gasteiger partial charge is 0.369 e. The summed E-state index contributed by atoms with van der Waals surface area (Å²) in [6.45, 7) is 2.28. The third-order valence-corrected chi connectivity index (χ3v) is 12.1. The van der Waals surface area contributed by atoms with Crippen LogP contribution in [0.25, 0.3) is 0 Å². The van der Waals surface area contributed by atoms with Crippen molar-refractivity contribution in [3.05, 3.63) is 59.2 Å². The molecular formula is C29H32F5N3O4S. The molecule has 0 spiro atoms. The number of fused-ring (bicyclic) bond motifs is 3. The summed E-state index contributed by atoms with van der Waals surface area (Å²) >= 11 is 0. The Bertz CT molecular complexity index is 1510. The molecule has 0 bridgehead atoms. The first-order valence-corrected chi connectivity index (χ1v) is 15.4.